The van der Waals surface area contributed by atoms with Gasteiger partial charge in [-0.15, -0.1) is 0 Å². The number of nitrogens with zero attached hydrogens (tertiary/aromatic N) is 1. The monoisotopic (exact) mass is 592 g/mol. The smallest absolute Gasteiger partial charge is 0.410 e. The van der Waals surface area contributed by atoms with Gasteiger partial charge in [-0.1, -0.05) is 24.3 Å². The van der Waals surface area contributed by atoms with Gasteiger partial charge in [0.2, 0.25) is 5.91 Å². The lowest BCUT2D eigenvalue weighted by atomic mass is 10.00. The van der Waals surface area contributed by atoms with E-state index in [-0.39, 0.29) is 11.9 Å². The Morgan fingerprint density at radius 2 is 1.67 bits per heavy atom. The van der Waals surface area contributed by atoms with Gasteiger partial charge >= 0.3 is 12.1 Å². The van der Waals surface area contributed by atoms with Crippen LogP contribution in [-0.2, 0) is 19.0 Å². The van der Waals surface area contributed by atoms with E-state index in [0.29, 0.717) is 43.3 Å². The van der Waals surface area contributed by atoms with Crippen LogP contribution in [0.1, 0.15) is 99.7 Å². The van der Waals surface area contributed by atoms with Crippen molar-refractivity contribution < 1.29 is 33.3 Å². The summed E-state index contributed by atoms with van der Waals surface area (Å²) >= 11 is 0. The molecule has 2 amide bonds. The highest BCUT2D eigenvalue weighted by Gasteiger charge is 2.31. The van der Waals surface area contributed by atoms with Crippen LogP contribution in [0.5, 0.6) is 5.75 Å². The van der Waals surface area contributed by atoms with Gasteiger partial charge in [0.1, 0.15) is 29.7 Å². The zero-order valence-electron chi connectivity index (χ0n) is 25.7. The van der Waals surface area contributed by atoms with Crippen LogP contribution >= 0.6 is 0 Å². The molecular weight excluding hydrogens is 548 g/mol. The van der Waals surface area contributed by atoms with Gasteiger partial charge in [-0.3, -0.25) is 4.79 Å². The van der Waals surface area contributed by atoms with Crippen LogP contribution in [0.15, 0.2) is 48.5 Å². The van der Waals surface area contributed by atoms with Crippen LogP contribution < -0.4 is 10.1 Å². The fourth-order valence-electron chi connectivity index (χ4n) is 5.57. The van der Waals surface area contributed by atoms with Crippen LogP contribution in [0.3, 0.4) is 0 Å². The van der Waals surface area contributed by atoms with Crippen molar-refractivity contribution >= 4 is 18.0 Å². The minimum Gasteiger partial charge on any atom is -0.484 e. The summed E-state index contributed by atoms with van der Waals surface area (Å²) in [5.41, 5.74) is 2.09. The van der Waals surface area contributed by atoms with E-state index >= 15 is 0 Å². The van der Waals surface area contributed by atoms with Crippen molar-refractivity contribution in [1.29, 1.82) is 0 Å². The Morgan fingerprint density at radius 1 is 0.953 bits per heavy atom. The van der Waals surface area contributed by atoms with E-state index in [1.165, 1.54) is 18.4 Å². The molecule has 232 valence electrons. The highest BCUT2D eigenvalue weighted by atomic mass is 16.6. The molecule has 3 aliphatic rings. The zero-order valence-corrected chi connectivity index (χ0v) is 25.7. The second kappa shape index (κ2) is 13.4. The summed E-state index contributed by atoms with van der Waals surface area (Å²) < 4.78 is 23.2. The molecular formula is C34H44N2O7. The predicted octanol–water partition coefficient (Wildman–Crippen LogP) is 5.92. The van der Waals surface area contributed by atoms with E-state index in [1.807, 2.05) is 27.7 Å². The summed E-state index contributed by atoms with van der Waals surface area (Å²) in [6.07, 6.45) is 3.80. The number of likely N-dealkylation sites (tertiary alicyclic amines) is 1. The number of nitrogens with one attached hydrogen (secondary N) is 1. The number of carbonyl (C=O) groups excluding carboxylic acids is 3. The van der Waals surface area contributed by atoms with Gasteiger partial charge in [0.25, 0.3) is 0 Å². The third-order valence-corrected chi connectivity index (χ3v) is 8.02. The molecule has 3 fully saturated rings. The Morgan fingerprint density at radius 3 is 2.30 bits per heavy atom. The summed E-state index contributed by atoms with van der Waals surface area (Å²) in [5, 5.41) is 3.09. The Hall–Kier alpha value is -3.59. The first-order chi connectivity index (χ1) is 20.6. The average molecular weight is 593 g/mol. The molecule has 2 aromatic carbocycles. The van der Waals surface area contributed by atoms with Crippen molar-refractivity contribution in [3.05, 3.63) is 65.2 Å². The zero-order chi connectivity index (χ0) is 30.6. The molecule has 4 atom stereocenters. The molecule has 9 heteroatoms. The SMILES string of the molecule is C[C@H](NC(=O)[C@H]1CCCO1)[C@H](Oc1ccc(C(=O)O[C@H]2CCCN(C(=O)OC(C)(C)C)C2)cc1)c1ccc(C2CC2)cc1. The fraction of sp³-hybridized carbons (Fsp3) is 0.559. The summed E-state index contributed by atoms with van der Waals surface area (Å²) in [4.78, 5) is 39.9. The Labute approximate surface area is 254 Å². The standard InChI is InChI=1S/C34H44N2O7/c1-22(35-31(37)29-8-6-20-40-29)30(25-13-11-24(12-14-25)23-9-10-23)41-27-17-15-26(16-18-27)32(38)42-28-7-5-19-36(21-28)33(39)43-34(2,3)4/h11-18,22-23,28-30H,5-10,19-21H2,1-4H3,(H,35,37)/t22-,28-,29+,30-/m0/s1. The van der Waals surface area contributed by atoms with E-state index < -0.39 is 36.0 Å². The van der Waals surface area contributed by atoms with Crippen LogP contribution in [0.4, 0.5) is 4.79 Å². The number of amides is 2. The number of ether oxygens (including phenoxy) is 4. The lowest BCUT2D eigenvalue weighted by Crippen LogP contribution is -2.45. The molecule has 1 N–H and O–H groups in total. The summed E-state index contributed by atoms with van der Waals surface area (Å²) in [6.45, 7) is 8.90. The maximum Gasteiger partial charge on any atom is 0.410 e. The van der Waals surface area contributed by atoms with Gasteiger partial charge in [-0.25, -0.2) is 9.59 Å². The quantitative estimate of drug-likeness (QED) is 0.360. The van der Waals surface area contributed by atoms with Crippen LogP contribution in [-0.4, -0.2) is 66.4 Å². The number of hydrogen-bond acceptors (Lipinski definition) is 7. The molecule has 1 saturated carbocycles. The third-order valence-electron chi connectivity index (χ3n) is 8.02. The van der Waals surface area contributed by atoms with Crippen molar-refractivity contribution in [2.24, 2.45) is 0 Å². The molecule has 5 rings (SSSR count). The van der Waals surface area contributed by atoms with Crippen molar-refractivity contribution in [2.75, 3.05) is 19.7 Å². The molecule has 1 aliphatic carbocycles. The number of carbonyl (C=O) groups is 3. The molecule has 2 saturated heterocycles. The highest BCUT2D eigenvalue weighted by Crippen LogP contribution is 2.40. The predicted molar refractivity (Wildman–Crippen MR) is 161 cm³/mol. The molecule has 0 unspecified atom stereocenters. The molecule has 2 heterocycles. The number of rotatable bonds is 9. The first kappa shape index (κ1) is 30.9. The normalized spacial score (nSPS) is 21.9. The summed E-state index contributed by atoms with van der Waals surface area (Å²) in [5.74, 6) is 0.636. The number of benzene rings is 2. The maximum atomic E-state index is 13.0. The van der Waals surface area contributed by atoms with Crippen LogP contribution in [0, 0.1) is 0 Å². The second-order valence-electron chi connectivity index (χ2n) is 12.9. The molecule has 9 nitrogen and oxygen atoms in total. The number of esters is 1. The van der Waals surface area contributed by atoms with Crippen molar-refractivity contribution in [2.45, 2.75) is 102 Å². The van der Waals surface area contributed by atoms with Gasteiger partial charge < -0.3 is 29.2 Å². The van der Waals surface area contributed by atoms with Crippen molar-refractivity contribution in [3.63, 3.8) is 0 Å². The van der Waals surface area contributed by atoms with E-state index in [1.54, 1.807) is 29.2 Å². The summed E-state index contributed by atoms with van der Waals surface area (Å²) in [6, 6.07) is 14.9. The fourth-order valence-corrected chi connectivity index (χ4v) is 5.57. The number of hydrogen-bond donors (Lipinski definition) is 1. The largest absolute Gasteiger partial charge is 0.484 e. The lowest BCUT2D eigenvalue weighted by Gasteiger charge is -2.33. The highest BCUT2D eigenvalue weighted by molar-refractivity contribution is 5.89. The van der Waals surface area contributed by atoms with E-state index in [9.17, 15) is 14.4 Å². The van der Waals surface area contributed by atoms with Gasteiger partial charge in [0.05, 0.1) is 18.2 Å². The molecule has 0 spiro atoms. The average Bonchev–Trinajstić information content (AvgIpc) is 3.68. The minimum atomic E-state index is -0.586. The minimum absolute atomic E-state index is 0.126. The maximum absolute atomic E-state index is 13.0. The van der Waals surface area contributed by atoms with Crippen molar-refractivity contribution in [3.8, 4) is 5.75 Å². The molecule has 0 radical (unpaired) electrons. The molecule has 2 aromatic rings. The first-order valence-electron chi connectivity index (χ1n) is 15.5. The van der Waals surface area contributed by atoms with E-state index in [4.69, 9.17) is 18.9 Å². The Kier molecular flexibility index (Phi) is 9.59. The van der Waals surface area contributed by atoms with E-state index in [0.717, 1.165) is 24.8 Å². The lowest BCUT2D eigenvalue weighted by molar-refractivity contribution is -0.131. The molecule has 0 bridgehead atoms. The van der Waals surface area contributed by atoms with Crippen LogP contribution in [0.2, 0.25) is 0 Å². The van der Waals surface area contributed by atoms with Gasteiger partial charge in [-0.05, 0) is 108 Å². The third kappa shape index (κ3) is 8.50. The second-order valence-corrected chi connectivity index (χ2v) is 12.9. The van der Waals surface area contributed by atoms with Crippen LogP contribution in [0.25, 0.3) is 0 Å². The van der Waals surface area contributed by atoms with Gasteiger partial charge in [-0.2, -0.15) is 0 Å². The molecule has 0 aromatic heterocycles. The first-order valence-corrected chi connectivity index (χ1v) is 15.5. The van der Waals surface area contributed by atoms with Gasteiger partial charge in [0.15, 0.2) is 0 Å². The van der Waals surface area contributed by atoms with E-state index in [2.05, 4.69) is 29.6 Å². The Bertz CT molecular complexity index is 1260. The molecule has 43 heavy (non-hydrogen) atoms. The Balaban J connectivity index is 1.22. The summed E-state index contributed by atoms with van der Waals surface area (Å²) in [7, 11) is 0. The topological polar surface area (TPSA) is 103 Å². The van der Waals surface area contributed by atoms with Crippen molar-refractivity contribution in [1.82, 2.24) is 10.2 Å². The number of piperidine rings is 1. The molecule has 2 aliphatic heterocycles. The van der Waals surface area contributed by atoms with Gasteiger partial charge in [0, 0.05) is 13.2 Å².